The van der Waals surface area contributed by atoms with Gasteiger partial charge in [-0.3, -0.25) is 19.4 Å². The van der Waals surface area contributed by atoms with Crippen LogP contribution >= 0.6 is 0 Å². The number of likely N-dealkylation sites (N-methyl/N-ethyl adjacent to an activating group) is 1. The molecule has 9 nitrogen and oxygen atoms in total. The fourth-order valence-corrected chi connectivity index (χ4v) is 4.44. The molecule has 0 aromatic heterocycles. The first kappa shape index (κ1) is 21.0. The van der Waals surface area contributed by atoms with Crippen molar-refractivity contribution in [3.8, 4) is 0 Å². The normalized spacial score (nSPS) is 23.2. The summed E-state index contributed by atoms with van der Waals surface area (Å²) in [6.07, 6.45) is 3.37. The van der Waals surface area contributed by atoms with Crippen LogP contribution in [0.5, 0.6) is 0 Å². The number of benzene rings is 1. The summed E-state index contributed by atoms with van der Waals surface area (Å²) in [6.45, 7) is 5.27. The lowest BCUT2D eigenvalue weighted by atomic mass is 10.1. The molecule has 1 aromatic carbocycles. The van der Waals surface area contributed by atoms with Crippen LogP contribution in [0.3, 0.4) is 0 Å². The van der Waals surface area contributed by atoms with Gasteiger partial charge in [0.25, 0.3) is 5.91 Å². The summed E-state index contributed by atoms with van der Waals surface area (Å²) in [5, 5.41) is 0. The molecular weight excluding hydrogens is 396 g/mol. The summed E-state index contributed by atoms with van der Waals surface area (Å²) >= 11 is 0. The average molecular weight is 426 g/mol. The molecular formula is C22H29N6O3+. The standard InChI is InChI=1S/C22H28N6O3/c1-4-5-6-15-7-9-16(10-8-15)26-11-14(2)12-27-18-19(24-21(26)27)25(3)22(31)28(20(18)30)13-17(23)29/h7-10,14,18H,4-6,11-13H2,1-3H3,(H-,23,29)/p+1. The van der Waals surface area contributed by atoms with E-state index in [1.807, 2.05) is 4.58 Å². The lowest BCUT2D eigenvalue weighted by Crippen LogP contribution is -2.64. The summed E-state index contributed by atoms with van der Waals surface area (Å²) in [7, 11) is 1.57. The molecule has 2 atom stereocenters. The highest BCUT2D eigenvalue weighted by molar-refractivity contribution is 6.24. The van der Waals surface area contributed by atoms with Crippen molar-refractivity contribution in [1.29, 1.82) is 0 Å². The van der Waals surface area contributed by atoms with Gasteiger partial charge in [-0.2, -0.15) is 0 Å². The van der Waals surface area contributed by atoms with E-state index in [-0.39, 0.29) is 5.92 Å². The van der Waals surface area contributed by atoms with Gasteiger partial charge in [-0.15, -0.1) is 0 Å². The molecule has 0 saturated carbocycles. The minimum Gasteiger partial charge on any atom is -0.368 e. The maximum atomic E-state index is 13.2. The van der Waals surface area contributed by atoms with Gasteiger partial charge in [0, 0.05) is 13.0 Å². The zero-order valence-electron chi connectivity index (χ0n) is 18.2. The Kier molecular flexibility index (Phi) is 5.51. The van der Waals surface area contributed by atoms with E-state index in [0.717, 1.165) is 36.4 Å². The quantitative estimate of drug-likeness (QED) is 0.687. The van der Waals surface area contributed by atoms with E-state index in [0.29, 0.717) is 18.3 Å². The van der Waals surface area contributed by atoms with Crippen molar-refractivity contribution >= 4 is 35.3 Å². The van der Waals surface area contributed by atoms with Crippen LogP contribution in [0.2, 0.25) is 0 Å². The van der Waals surface area contributed by atoms with Crippen molar-refractivity contribution in [2.45, 2.75) is 39.2 Å². The Morgan fingerprint density at radius 1 is 1.26 bits per heavy atom. The second-order valence-corrected chi connectivity index (χ2v) is 8.54. The number of aliphatic imine (C=N–C) groups is 1. The van der Waals surface area contributed by atoms with Crippen molar-refractivity contribution < 1.29 is 19.0 Å². The van der Waals surface area contributed by atoms with E-state index < -0.39 is 30.4 Å². The van der Waals surface area contributed by atoms with Gasteiger partial charge in [0.05, 0.1) is 13.1 Å². The molecule has 3 aliphatic heterocycles. The maximum Gasteiger partial charge on any atom is 0.397 e. The van der Waals surface area contributed by atoms with E-state index in [1.54, 1.807) is 7.05 Å². The molecule has 4 amide bonds. The number of carbonyl (C=O) groups excluding carboxylic acids is 3. The van der Waals surface area contributed by atoms with Crippen molar-refractivity contribution in [2.75, 3.05) is 31.6 Å². The second kappa shape index (κ2) is 8.13. The van der Waals surface area contributed by atoms with Crippen LogP contribution in [0.4, 0.5) is 10.5 Å². The van der Waals surface area contributed by atoms with Crippen molar-refractivity contribution in [2.24, 2.45) is 16.6 Å². The minimum absolute atomic E-state index is 0.276. The van der Waals surface area contributed by atoms with Gasteiger partial charge < -0.3 is 5.73 Å². The number of rotatable bonds is 6. The lowest BCUT2D eigenvalue weighted by Gasteiger charge is -2.34. The number of nitrogens with two attached hydrogens (primary N) is 1. The number of fused-ring (bicyclic) bond motifs is 2. The highest BCUT2D eigenvalue weighted by Gasteiger charge is 2.55. The number of unbranched alkanes of at least 4 members (excludes halogenated alkanes) is 1. The van der Waals surface area contributed by atoms with Crippen LogP contribution in [0.15, 0.2) is 29.3 Å². The number of amidine groups is 1. The molecule has 0 aliphatic carbocycles. The number of anilines is 1. The third-order valence-corrected chi connectivity index (χ3v) is 6.01. The summed E-state index contributed by atoms with van der Waals surface area (Å²) in [6, 6.07) is 7.14. The summed E-state index contributed by atoms with van der Waals surface area (Å²) in [5.74, 6) is 0.144. The van der Waals surface area contributed by atoms with Crippen LogP contribution in [-0.4, -0.2) is 76.7 Å². The number of amides is 4. The van der Waals surface area contributed by atoms with Gasteiger partial charge >= 0.3 is 12.0 Å². The first-order chi connectivity index (χ1) is 14.8. The van der Waals surface area contributed by atoms with E-state index in [9.17, 15) is 14.4 Å². The van der Waals surface area contributed by atoms with Crippen LogP contribution in [0, 0.1) is 5.92 Å². The Bertz CT molecular complexity index is 983. The van der Waals surface area contributed by atoms with Crippen molar-refractivity contribution in [1.82, 2.24) is 9.80 Å². The molecule has 0 spiro atoms. The third kappa shape index (κ3) is 3.68. The summed E-state index contributed by atoms with van der Waals surface area (Å²) in [5.41, 5.74) is 7.57. The van der Waals surface area contributed by atoms with Crippen LogP contribution in [0.1, 0.15) is 32.3 Å². The Morgan fingerprint density at radius 3 is 2.61 bits per heavy atom. The number of nitrogens with zero attached hydrogens (tertiary/aromatic N) is 5. The molecule has 164 valence electrons. The first-order valence-corrected chi connectivity index (χ1v) is 10.8. The zero-order chi connectivity index (χ0) is 22.3. The maximum absolute atomic E-state index is 13.2. The van der Waals surface area contributed by atoms with E-state index in [4.69, 9.17) is 10.7 Å². The predicted octanol–water partition coefficient (Wildman–Crippen LogP) is 1.01. The van der Waals surface area contributed by atoms with Crippen LogP contribution in [0.25, 0.3) is 0 Å². The van der Waals surface area contributed by atoms with E-state index >= 15 is 0 Å². The molecule has 3 heterocycles. The Morgan fingerprint density at radius 2 is 1.97 bits per heavy atom. The van der Waals surface area contributed by atoms with Crippen molar-refractivity contribution in [3.63, 3.8) is 0 Å². The molecule has 1 saturated heterocycles. The molecule has 2 N–H and O–H groups in total. The lowest BCUT2D eigenvalue weighted by molar-refractivity contribution is -0.545. The number of hydrogen-bond acceptors (Lipinski definition) is 5. The Hall–Kier alpha value is -3.23. The smallest absolute Gasteiger partial charge is 0.368 e. The van der Waals surface area contributed by atoms with Crippen molar-refractivity contribution in [3.05, 3.63) is 29.8 Å². The number of urea groups is 1. The first-order valence-electron chi connectivity index (χ1n) is 10.8. The van der Waals surface area contributed by atoms with Crippen LogP contribution < -0.4 is 10.6 Å². The number of imide groups is 1. The number of primary amides is 1. The highest BCUT2D eigenvalue weighted by atomic mass is 16.2. The number of carbonyl (C=O) groups is 3. The Labute approximate surface area is 181 Å². The fraction of sp³-hybridized carbons (Fsp3) is 0.500. The van der Waals surface area contributed by atoms with E-state index in [2.05, 4.69) is 43.0 Å². The molecule has 1 aromatic rings. The number of guanidine groups is 1. The molecule has 31 heavy (non-hydrogen) atoms. The second-order valence-electron chi connectivity index (χ2n) is 8.54. The molecule has 0 radical (unpaired) electrons. The van der Waals surface area contributed by atoms with Crippen LogP contribution in [-0.2, 0) is 16.0 Å². The predicted molar refractivity (Wildman–Crippen MR) is 117 cm³/mol. The van der Waals surface area contributed by atoms with Gasteiger partial charge in [-0.05, 0) is 30.5 Å². The van der Waals surface area contributed by atoms with Gasteiger partial charge in [-0.1, -0.05) is 37.4 Å². The monoisotopic (exact) mass is 425 g/mol. The number of aryl methyl sites for hydroxylation is 1. The minimum atomic E-state index is -0.730. The Balaban J connectivity index is 1.69. The molecule has 2 unspecified atom stereocenters. The summed E-state index contributed by atoms with van der Waals surface area (Å²) < 4.78 is 1.94. The largest absolute Gasteiger partial charge is 0.397 e. The summed E-state index contributed by atoms with van der Waals surface area (Å²) in [4.78, 5) is 46.3. The van der Waals surface area contributed by atoms with E-state index in [1.165, 1.54) is 10.5 Å². The average Bonchev–Trinajstić information content (AvgIpc) is 3.13. The molecule has 3 aliphatic rings. The molecule has 9 heteroatoms. The fourth-order valence-electron chi connectivity index (χ4n) is 4.44. The molecule has 4 rings (SSSR count). The number of hydrogen-bond donors (Lipinski definition) is 1. The van der Waals surface area contributed by atoms with Gasteiger partial charge in [0.15, 0.2) is 0 Å². The van der Waals surface area contributed by atoms with Gasteiger partial charge in [0.1, 0.15) is 12.2 Å². The third-order valence-electron chi connectivity index (χ3n) is 6.01. The molecule has 1 fully saturated rings. The van der Waals surface area contributed by atoms with Gasteiger partial charge in [-0.25, -0.2) is 14.3 Å². The zero-order valence-corrected chi connectivity index (χ0v) is 18.2. The van der Waals surface area contributed by atoms with Gasteiger partial charge in [0.2, 0.25) is 17.8 Å². The molecule has 0 bridgehead atoms. The SMILES string of the molecule is CCCCc1ccc(N2CC(C)C[N+]3=C2N=C2C3C(=O)N(CC(N)=O)C(=O)N2C)cc1. The topological polar surface area (TPSA) is 102 Å². The highest BCUT2D eigenvalue weighted by Crippen LogP contribution is 2.28.